The molecule has 2 nitrogen and oxygen atoms in total. The standard InChI is InChI=1S/C13H17BrINOS/c14-6-9-3-1-2-4-10(9)7-16-13(17)11-5-12(15)18-8-11/h5,8-10H,1-4,6-7H2,(H,16,17). The highest BCUT2D eigenvalue weighted by Crippen LogP contribution is 2.30. The average Bonchev–Trinajstić information content (AvgIpc) is 2.83. The van der Waals surface area contributed by atoms with Gasteiger partial charge < -0.3 is 5.32 Å². The summed E-state index contributed by atoms with van der Waals surface area (Å²) in [5.74, 6) is 1.44. The van der Waals surface area contributed by atoms with Crippen LogP contribution in [0, 0.1) is 14.7 Å². The Hall–Kier alpha value is 0.380. The summed E-state index contributed by atoms with van der Waals surface area (Å²) in [6.07, 6.45) is 5.18. The van der Waals surface area contributed by atoms with Crippen LogP contribution >= 0.6 is 49.9 Å². The second-order valence-corrected chi connectivity index (χ2v) is 8.26. The summed E-state index contributed by atoms with van der Waals surface area (Å²) in [5, 5.41) is 6.08. The minimum absolute atomic E-state index is 0.0769. The number of hydrogen-bond donors (Lipinski definition) is 1. The van der Waals surface area contributed by atoms with Gasteiger partial charge in [0, 0.05) is 17.3 Å². The fourth-order valence-corrected chi connectivity index (χ4v) is 4.69. The number of carbonyl (C=O) groups excluding carboxylic acids is 1. The van der Waals surface area contributed by atoms with Gasteiger partial charge in [-0.25, -0.2) is 0 Å². The lowest BCUT2D eigenvalue weighted by atomic mass is 9.80. The van der Waals surface area contributed by atoms with E-state index in [0.29, 0.717) is 5.92 Å². The van der Waals surface area contributed by atoms with E-state index in [-0.39, 0.29) is 5.91 Å². The second kappa shape index (κ2) is 7.24. The SMILES string of the molecule is O=C(NCC1CCCCC1CBr)c1csc(I)c1. The van der Waals surface area contributed by atoms with Crippen LogP contribution in [0.4, 0.5) is 0 Å². The van der Waals surface area contributed by atoms with E-state index in [4.69, 9.17) is 0 Å². The molecule has 1 aliphatic rings. The van der Waals surface area contributed by atoms with Gasteiger partial charge in [0.1, 0.15) is 0 Å². The third-order valence-electron chi connectivity index (χ3n) is 3.62. The van der Waals surface area contributed by atoms with Crippen molar-refractivity contribution in [2.24, 2.45) is 11.8 Å². The topological polar surface area (TPSA) is 29.1 Å². The first-order valence-electron chi connectivity index (χ1n) is 6.29. The van der Waals surface area contributed by atoms with Crippen molar-refractivity contribution in [1.82, 2.24) is 5.32 Å². The third kappa shape index (κ3) is 3.93. The van der Waals surface area contributed by atoms with Crippen molar-refractivity contribution in [2.45, 2.75) is 25.7 Å². The lowest BCUT2D eigenvalue weighted by molar-refractivity contribution is 0.0937. The van der Waals surface area contributed by atoms with E-state index in [1.807, 2.05) is 11.4 Å². The van der Waals surface area contributed by atoms with E-state index >= 15 is 0 Å². The quantitative estimate of drug-likeness (QED) is 0.548. The number of halogens is 2. The number of rotatable bonds is 4. The van der Waals surface area contributed by atoms with Crippen LogP contribution in [0.2, 0.25) is 0 Å². The van der Waals surface area contributed by atoms with Gasteiger partial charge in [0.15, 0.2) is 0 Å². The normalized spacial score (nSPS) is 23.9. The van der Waals surface area contributed by atoms with Crippen LogP contribution in [0.3, 0.4) is 0 Å². The first-order chi connectivity index (χ1) is 8.70. The molecule has 2 rings (SSSR count). The van der Waals surface area contributed by atoms with Gasteiger partial charge in [-0.3, -0.25) is 4.79 Å². The number of carbonyl (C=O) groups is 1. The highest BCUT2D eigenvalue weighted by molar-refractivity contribution is 14.1. The third-order valence-corrected chi connectivity index (χ3v) is 6.24. The van der Waals surface area contributed by atoms with Crippen molar-refractivity contribution in [3.8, 4) is 0 Å². The van der Waals surface area contributed by atoms with Crippen LogP contribution in [0.1, 0.15) is 36.0 Å². The van der Waals surface area contributed by atoms with Crippen LogP contribution < -0.4 is 5.32 Å². The summed E-state index contributed by atoms with van der Waals surface area (Å²) in [7, 11) is 0. The molecule has 1 amide bonds. The van der Waals surface area contributed by atoms with Gasteiger partial charge in [-0.2, -0.15) is 0 Å². The molecule has 0 saturated heterocycles. The average molecular weight is 442 g/mol. The highest BCUT2D eigenvalue weighted by atomic mass is 127. The number of amides is 1. The molecule has 1 heterocycles. The Kier molecular flexibility index (Phi) is 5.95. The number of nitrogens with one attached hydrogen (secondary N) is 1. The molecule has 0 bridgehead atoms. The summed E-state index contributed by atoms with van der Waals surface area (Å²) >= 11 is 7.46. The molecular formula is C13H17BrINOS. The van der Waals surface area contributed by atoms with Gasteiger partial charge in [-0.05, 0) is 53.3 Å². The molecule has 18 heavy (non-hydrogen) atoms. The zero-order chi connectivity index (χ0) is 13.0. The van der Waals surface area contributed by atoms with Crippen molar-refractivity contribution in [2.75, 3.05) is 11.9 Å². The van der Waals surface area contributed by atoms with Gasteiger partial charge in [0.05, 0.1) is 8.45 Å². The minimum atomic E-state index is 0.0769. The Bertz CT molecular complexity index is 409. The maximum absolute atomic E-state index is 12.0. The lowest BCUT2D eigenvalue weighted by Crippen LogP contribution is -2.34. The smallest absolute Gasteiger partial charge is 0.252 e. The number of thiophene rings is 1. The van der Waals surface area contributed by atoms with Crippen LogP contribution in [0.15, 0.2) is 11.4 Å². The zero-order valence-corrected chi connectivity index (χ0v) is 14.7. The Morgan fingerprint density at radius 3 is 2.78 bits per heavy atom. The molecule has 2 unspecified atom stereocenters. The van der Waals surface area contributed by atoms with Crippen molar-refractivity contribution < 1.29 is 4.79 Å². The van der Waals surface area contributed by atoms with E-state index in [1.165, 1.54) is 25.7 Å². The zero-order valence-electron chi connectivity index (χ0n) is 10.1. The Morgan fingerprint density at radius 2 is 2.17 bits per heavy atom. The van der Waals surface area contributed by atoms with E-state index in [1.54, 1.807) is 11.3 Å². The Morgan fingerprint density at radius 1 is 1.44 bits per heavy atom. The molecule has 0 radical (unpaired) electrons. The Balaban J connectivity index is 1.85. The van der Waals surface area contributed by atoms with Gasteiger partial charge in [-0.15, -0.1) is 11.3 Å². The fraction of sp³-hybridized carbons (Fsp3) is 0.615. The van der Waals surface area contributed by atoms with Gasteiger partial charge in [-0.1, -0.05) is 28.8 Å². The molecule has 0 spiro atoms. The molecule has 1 fully saturated rings. The maximum atomic E-state index is 12.0. The molecule has 5 heteroatoms. The highest BCUT2D eigenvalue weighted by Gasteiger charge is 2.24. The number of hydrogen-bond acceptors (Lipinski definition) is 2. The van der Waals surface area contributed by atoms with Crippen LogP contribution in [0.25, 0.3) is 0 Å². The molecule has 1 N–H and O–H groups in total. The van der Waals surface area contributed by atoms with Gasteiger partial charge in [0.25, 0.3) is 5.91 Å². The number of alkyl halides is 1. The molecule has 100 valence electrons. The van der Waals surface area contributed by atoms with Gasteiger partial charge in [0.2, 0.25) is 0 Å². The Labute approximate surface area is 134 Å². The molecule has 1 saturated carbocycles. The first-order valence-corrected chi connectivity index (χ1v) is 9.37. The van der Waals surface area contributed by atoms with E-state index in [2.05, 4.69) is 43.8 Å². The van der Waals surface area contributed by atoms with Gasteiger partial charge >= 0.3 is 0 Å². The van der Waals surface area contributed by atoms with Crippen LogP contribution in [-0.2, 0) is 0 Å². The minimum Gasteiger partial charge on any atom is -0.352 e. The maximum Gasteiger partial charge on any atom is 0.252 e. The van der Waals surface area contributed by atoms with E-state index < -0.39 is 0 Å². The molecule has 1 aliphatic carbocycles. The predicted molar refractivity (Wildman–Crippen MR) is 88.6 cm³/mol. The summed E-state index contributed by atoms with van der Waals surface area (Å²) in [6, 6.07) is 1.95. The van der Waals surface area contributed by atoms with Crippen molar-refractivity contribution >= 4 is 55.8 Å². The van der Waals surface area contributed by atoms with E-state index in [0.717, 1.165) is 26.2 Å². The lowest BCUT2D eigenvalue weighted by Gasteiger charge is -2.30. The van der Waals surface area contributed by atoms with Crippen LogP contribution in [0.5, 0.6) is 0 Å². The fourth-order valence-electron chi connectivity index (χ4n) is 2.51. The molecule has 0 aromatic carbocycles. The first kappa shape index (κ1) is 14.8. The summed E-state index contributed by atoms with van der Waals surface area (Å²) in [6.45, 7) is 0.821. The second-order valence-electron chi connectivity index (χ2n) is 4.81. The molecular weight excluding hydrogens is 425 g/mol. The summed E-state index contributed by atoms with van der Waals surface area (Å²) in [4.78, 5) is 12.0. The van der Waals surface area contributed by atoms with Crippen molar-refractivity contribution in [3.05, 3.63) is 19.9 Å². The monoisotopic (exact) mass is 441 g/mol. The molecule has 0 aliphatic heterocycles. The summed E-state index contributed by atoms with van der Waals surface area (Å²) < 4.78 is 1.16. The van der Waals surface area contributed by atoms with E-state index in [9.17, 15) is 4.79 Å². The predicted octanol–water partition coefficient (Wildman–Crippen LogP) is 4.28. The molecule has 2 atom stereocenters. The molecule has 1 aromatic rings. The molecule has 1 aromatic heterocycles. The largest absolute Gasteiger partial charge is 0.352 e. The van der Waals surface area contributed by atoms with Crippen LogP contribution in [-0.4, -0.2) is 17.8 Å². The van der Waals surface area contributed by atoms with Crippen molar-refractivity contribution in [1.29, 1.82) is 0 Å². The van der Waals surface area contributed by atoms with Crippen molar-refractivity contribution in [3.63, 3.8) is 0 Å². The summed E-state index contributed by atoms with van der Waals surface area (Å²) in [5.41, 5.74) is 0.801.